The van der Waals surface area contributed by atoms with Crippen LogP contribution in [0.1, 0.15) is 17.7 Å². The maximum absolute atomic E-state index is 11.3. The summed E-state index contributed by atoms with van der Waals surface area (Å²) in [6.07, 6.45) is 1.75. The molecule has 0 aliphatic carbocycles. The Kier molecular flexibility index (Phi) is 2.69. The molecule has 0 saturated carbocycles. The second-order valence-electron chi connectivity index (χ2n) is 3.12. The van der Waals surface area contributed by atoms with Gasteiger partial charge in [-0.3, -0.25) is 4.79 Å². The number of amides is 1. The molecule has 1 fully saturated rings. The van der Waals surface area contributed by atoms with Crippen LogP contribution < -0.4 is 0 Å². The average Bonchev–Trinajstić information content (AvgIpc) is 2.64. The minimum Gasteiger partial charge on any atom is -0.338 e. The predicted molar refractivity (Wildman–Crippen MR) is 56.7 cm³/mol. The van der Waals surface area contributed by atoms with E-state index in [0.29, 0.717) is 5.91 Å². The SMILES string of the molecule is O=C1CCCN1Cc1ccc(Br)s1. The highest BCUT2D eigenvalue weighted by atomic mass is 79.9. The van der Waals surface area contributed by atoms with E-state index in [1.807, 2.05) is 11.0 Å². The summed E-state index contributed by atoms with van der Waals surface area (Å²) in [4.78, 5) is 14.5. The molecule has 2 heterocycles. The van der Waals surface area contributed by atoms with Crippen LogP contribution in [-0.4, -0.2) is 17.4 Å². The van der Waals surface area contributed by atoms with E-state index in [-0.39, 0.29) is 0 Å². The number of rotatable bonds is 2. The first-order chi connectivity index (χ1) is 6.25. The standard InChI is InChI=1S/C9H10BrNOS/c10-8-4-3-7(13-8)6-11-5-1-2-9(11)12/h3-4H,1-2,5-6H2. The molecular formula is C9H10BrNOS. The van der Waals surface area contributed by atoms with Gasteiger partial charge >= 0.3 is 0 Å². The van der Waals surface area contributed by atoms with Crippen LogP contribution in [0.3, 0.4) is 0 Å². The summed E-state index contributed by atoms with van der Waals surface area (Å²) >= 11 is 5.11. The summed E-state index contributed by atoms with van der Waals surface area (Å²) in [6.45, 7) is 1.71. The molecule has 4 heteroatoms. The van der Waals surface area contributed by atoms with Gasteiger partial charge in [-0.05, 0) is 34.5 Å². The van der Waals surface area contributed by atoms with Gasteiger partial charge in [-0.1, -0.05) is 0 Å². The Morgan fingerprint density at radius 2 is 2.38 bits per heavy atom. The molecular weight excluding hydrogens is 250 g/mol. The van der Waals surface area contributed by atoms with Gasteiger partial charge in [0.1, 0.15) is 0 Å². The second kappa shape index (κ2) is 3.80. The van der Waals surface area contributed by atoms with Crippen molar-refractivity contribution in [2.45, 2.75) is 19.4 Å². The van der Waals surface area contributed by atoms with Crippen molar-refractivity contribution < 1.29 is 4.79 Å². The number of hydrogen-bond donors (Lipinski definition) is 0. The smallest absolute Gasteiger partial charge is 0.222 e. The summed E-state index contributed by atoms with van der Waals surface area (Å²) in [6, 6.07) is 4.10. The first kappa shape index (κ1) is 9.21. The normalized spacial score (nSPS) is 17.0. The van der Waals surface area contributed by atoms with E-state index in [1.165, 1.54) is 4.88 Å². The molecule has 0 atom stereocenters. The van der Waals surface area contributed by atoms with Crippen molar-refractivity contribution >= 4 is 33.2 Å². The molecule has 1 aliphatic rings. The third-order valence-corrected chi connectivity index (χ3v) is 3.76. The zero-order valence-corrected chi connectivity index (χ0v) is 9.53. The topological polar surface area (TPSA) is 20.3 Å². The lowest BCUT2D eigenvalue weighted by Crippen LogP contribution is -2.23. The average molecular weight is 260 g/mol. The van der Waals surface area contributed by atoms with Crippen LogP contribution in [0.15, 0.2) is 15.9 Å². The van der Waals surface area contributed by atoms with Gasteiger partial charge in [0.2, 0.25) is 5.91 Å². The maximum atomic E-state index is 11.3. The number of halogens is 1. The third kappa shape index (κ3) is 2.11. The molecule has 1 amide bonds. The first-order valence-electron chi connectivity index (χ1n) is 4.28. The Balaban J connectivity index is 2.01. The molecule has 1 saturated heterocycles. The quantitative estimate of drug-likeness (QED) is 0.800. The highest BCUT2D eigenvalue weighted by Crippen LogP contribution is 2.24. The van der Waals surface area contributed by atoms with Crippen LogP contribution in [0.25, 0.3) is 0 Å². The third-order valence-electron chi connectivity index (χ3n) is 2.15. The minimum atomic E-state index is 0.296. The molecule has 0 N–H and O–H groups in total. The van der Waals surface area contributed by atoms with E-state index in [1.54, 1.807) is 11.3 Å². The van der Waals surface area contributed by atoms with E-state index in [0.717, 1.165) is 29.7 Å². The van der Waals surface area contributed by atoms with Gasteiger partial charge in [-0.25, -0.2) is 0 Å². The fourth-order valence-electron chi connectivity index (χ4n) is 1.50. The van der Waals surface area contributed by atoms with Crippen LogP contribution >= 0.6 is 27.3 Å². The second-order valence-corrected chi connectivity index (χ2v) is 5.67. The van der Waals surface area contributed by atoms with Gasteiger partial charge in [0.05, 0.1) is 10.3 Å². The zero-order valence-electron chi connectivity index (χ0n) is 7.12. The van der Waals surface area contributed by atoms with Crippen LogP contribution in [0.2, 0.25) is 0 Å². The lowest BCUT2D eigenvalue weighted by Gasteiger charge is -2.13. The Bertz CT molecular complexity index is 323. The van der Waals surface area contributed by atoms with Gasteiger partial charge in [0.15, 0.2) is 0 Å². The van der Waals surface area contributed by atoms with Crippen molar-refractivity contribution in [3.8, 4) is 0 Å². The Labute approximate surface area is 89.7 Å². The summed E-state index contributed by atoms with van der Waals surface area (Å²) in [5.41, 5.74) is 0. The molecule has 70 valence electrons. The maximum Gasteiger partial charge on any atom is 0.222 e. The highest BCUT2D eigenvalue weighted by Gasteiger charge is 2.20. The summed E-state index contributed by atoms with van der Waals surface area (Å²) in [5.74, 6) is 0.296. The first-order valence-corrected chi connectivity index (χ1v) is 5.88. The van der Waals surface area contributed by atoms with Crippen LogP contribution in [-0.2, 0) is 11.3 Å². The Hall–Kier alpha value is -0.350. The number of thiophene rings is 1. The molecule has 0 radical (unpaired) electrons. The van der Waals surface area contributed by atoms with E-state index in [2.05, 4.69) is 22.0 Å². The lowest BCUT2D eigenvalue weighted by atomic mass is 10.4. The van der Waals surface area contributed by atoms with Crippen molar-refractivity contribution in [2.24, 2.45) is 0 Å². The number of carbonyl (C=O) groups is 1. The molecule has 2 rings (SSSR count). The van der Waals surface area contributed by atoms with Gasteiger partial charge in [-0.15, -0.1) is 11.3 Å². The molecule has 2 nitrogen and oxygen atoms in total. The Morgan fingerprint density at radius 3 is 2.92 bits per heavy atom. The summed E-state index contributed by atoms with van der Waals surface area (Å²) in [7, 11) is 0. The molecule has 0 aromatic carbocycles. The molecule has 0 unspecified atom stereocenters. The van der Waals surface area contributed by atoms with Crippen molar-refractivity contribution in [3.63, 3.8) is 0 Å². The van der Waals surface area contributed by atoms with Gasteiger partial charge in [-0.2, -0.15) is 0 Å². The van der Waals surface area contributed by atoms with Crippen molar-refractivity contribution in [3.05, 3.63) is 20.8 Å². The molecule has 1 aromatic heterocycles. The monoisotopic (exact) mass is 259 g/mol. The molecule has 1 aliphatic heterocycles. The summed E-state index contributed by atoms with van der Waals surface area (Å²) in [5, 5.41) is 0. The van der Waals surface area contributed by atoms with Gasteiger partial charge in [0.25, 0.3) is 0 Å². The minimum absolute atomic E-state index is 0.296. The largest absolute Gasteiger partial charge is 0.338 e. The van der Waals surface area contributed by atoms with Crippen LogP contribution in [0.4, 0.5) is 0 Å². The molecule has 0 bridgehead atoms. The van der Waals surface area contributed by atoms with Crippen LogP contribution in [0.5, 0.6) is 0 Å². The number of hydrogen-bond acceptors (Lipinski definition) is 2. The van der Waals surface area contributed by atoms with E-state index in [4.69, 9.17) is 0 Å². The molecule has 1 aromatic rings. The summed E-state index contributed by atoms with van der Waals surface area (Å²) < 4.78 is 1.13. The van der Waals surface area contributed by atoms with Crippen molar-refractivity contribution in [1.82, 2.24) is 4.90 Å². The van der Waals surface area contributed by atoms with E-state index in [9.17, 15) is 4.79 Å². The predicted octanol–water partition coefficient (Wildman–Crippen LogP) is 2.63. The fraction of sp³-hybridized carbons (Fsp3) is 0.444. The van der Waals surface area contributed by atoms with Gasteiger partial charge < -0.3 is 4.90 Å². The van der Waals surface area contributed by atoms with E-state index < -0.39 is 0 Å². The van der Waals surface area contributed by atoms with Gasteiger partial charge in [0, 0.05) is 17.8 Å². The molecule has 13 heavy (non-hydrogen) atoms. The van der Waals surface area contributed by atoms with Crippen molar-refractivity contribution in [1.29, 1.82) is 0 Å². The van der Waals surface area contributed by atoms with Crippen LogP contribution in [0, 0.1) is 0 Å². The Morgan fingerprint density at radius 1 is 1.54 bits per heavy atom. The number of nitrogens with zero attached hydrogens (tertiary/aromatic N) is 1. The zero-order chi connectivity index (χ0) is 9.26. The van der Waals surface area contributed by atoms with Crippen molar-refractivity contribution in [2.75, 3.05) is 6.54 Å². The highest BCUT2D eigenvalue weighted by molar-refractivity contribution is 9.11. The lowest BCUT2D eigenvalue weighted by molar-refractivity contribution is -0.128. The number of likely N-dealkylation sites (tertiary alicyclic amines) is 1. The van der Waals surface area contributed by atoms with E-state index >= 15 is 0 Å². The molecule has 0 spiro atoms. The fourth-order valence-corrected chi connectivity index (χ4v) is 2.99. The number of carbonyl (C=O) groups excluding carboxylic acids is 1.